The molecule has 13 nitrogen and oxygen atoms in total. The van der Waals surface area contributed by atoms with Crippen molar-refractivity contribution in [1.29, 1.82) is 5.26 Å². The average molecular weight is 764 g/mol. The minimum absolute atomic E-state index is 0.0366. The number of anilines is 2. The molecule has 3 saturated heterocycles. The van der Waals surface area contributed by atoms with E-state index in [1.807, 2.05) is 18.2 Å². The van der Waals surface area contributed by atoms with Crippen LogP contribution in [0.5, 0.6) is 5.75 Å². The number of piperidine rings is 2. The van der Waals surface area contributed by atoms with Crippen LogP contribution in [0.25, 0.3) is 11.0 Å². The molecule has 0 unspecified atom stereocenters. The summed E-state index contributed by atoms with van der Waals surface area (Å²) < 4.78 is 8.34. The number of urea groups is 1. The second-order valence-electron chi connectivity index (χ2n) is 15.2. The summed E-state index contributed by atoms with van der Waals surface area (Å²) in [7, 11) is 0. The van der Waals surface area contributed by atoms with Crippen molar-refractivity contribution < 1.29 is 19.1 Å². The van der Waals surface area contributed by atoms with Crippen LogP contribution in [-0.2, 0) is 4.79 Å². The Morgan fingerprint density at radius 2 is 1.69 bits per heavy atom. The first-order valence-electron chi connectivity index (χ1n) is 19.5. The number of halogens is 1. The van der Waals surface area contributed by atoms with Crippen LogP contribution in [0.2, 0.25) is 5.02 Å². The van der Waals surface area contributed by atoms with Gasteiger partial charge in [-0.15, -0.1) is 0 Å². The minimum Gasteiger partial charge on any atom is -0.490 e. The highest BCUT2D eigenvalue weighted by Gasteiger charge is 2.30. The molecule has 4 aromatic rings. The molecule has 0 radical (unpaired) electrons. The Hall–Kier alpha value is -5.19. The Morgan fingerprint density at radius 3 is 2.40 bits per heavy atom. The molecule has 4 fully saturated rings. The van der Waals surface area contributed by atoms with Crippen molar-refractivity contribution in [3.8, 4) is 11.8 Å². The summed E-state index contributed by atoms with van der Waals surface area (Å²) in [6.45, 7) is 5.50. The fourth-order valence-corrected chi connectivity index (χ4v) is 8.83. The molecule has 2 aromatic carbocycles. The Labute approximate surface area is 325 Å². The largest absolute Gasteiger partial charge is 0.490 e. The molecule has 4 amide bonds. The molecule has 0 bridgehead atoms. The fourth-order valence-electron chi connectivity index (χ4n) is 8.62. The van der Waals surface area contributed by atoms with Crippen LogP contribution < -0.4 is 25.2 Å². The van der Waals surface area contributed by atoms with E-state index in [4.69, 9.17) is 21.6 Å². The Bertz CT molecular complexity index is 2080. The first-order valence-corrected chi connectivity index (χ1v) is 19.9. The maximum Gasteiger partial charge on any atom is 0.329 e. The molecular formula is C41H46ClN9O4. The van der Waals surface area contributed by atoms with Crippen LogP contribution in [-0.4, -0.2) is 88.7 Å². The van der Waals surface area contributed by atoms with Gasteiger partial charge in [0.2, 0.25) is 5.91 Å². The van der Waals surface area contributed by atoms with E-state index in [2.05, 4.69) is 59.4 Å². The molecule has 5 heterocycles. The summed E-state index contributed by atoms with van der Waals surface area (Å²) in [6, 6.07) is 17.2. The second kappa shape index (κ2) is 16.3. The molecule has 2 N–H and O–H groups in total. The van der Waals surface area contributed by atoms with Crippen molar-refractivity contribution in [3.63, 3.8) is 0 Å². The molecule has 8 rings (SSSR count). The zero-order valence-corrected chi connectivity index (χ0v) is 31.6. The normalized spacial score (nSPS) is 21.7. The van der Waals surface area contributed by atoms with Crippen LogP contribution in [0.4, 0.5) is 16.3 Å². The molecule has 14 heteroatoms. The lowest BCUT2D eigenvalue weighted by Gasteiger charge is -2.38. The average Bonchev–Trinajstić information content (AvgIpc) is 3.64. The van der Waals surface area contributed by atoms with E-state index in [1.54, 1.807) is 18.2 Å². The van der Waals surface area contributed by atoms with E-state index in [0.717, 1.165) is 101 Å². The quantitative estimate of drug-likeness (QED) is 0.207. The van der Waals surface area contributed by atoms with Gasteiger partial charge in [-0.1, -0.05) is 11.6 Å². The number of nitrogens with zero attached hydrogens (tertiary/aromatic N) is 7. The highest BCUT2D eigenvalue weighted by molar-refractivity contribution is 6.31. The molecule has 1 saturated carbocycles. The Morgan fingerprint density at radius 1 is 0.927 bits per heavy atom. The zero-order valence-electron chi connectivity index (χ0n) is 30.8. The zero-order chi connectivity index (χ0) is 37.9. The minimum atomic E-state index is -0.437. The van der Waals surface area contributed by atoms with E-state index in [0.29, 0.717) is 46.2 Å². The van der Waals surface area contributed by atoms with E-state index < -0.39 is 6.03 Å². The number of carbonyl (C=O) groups is 3. The lowest BCUT2D eigenvalue weighted by atomic mass is 9.92. The van der Waals surface area contributed by atoms with Crippen LogP contribution in [0.3, 0.4) is 0 Å². The molecule has 0 spiro atoms. The Kier molecular flexibility index (Phi) is 10.9. The molecule has 3 aliphatic heterocycles. The van der Waals surface area contributed by atoms with Crippen molar-refractivity contribution in [2.24, 2.45) is 5.92 Å². The van der Waals surface area contributed by atoms with Gasteiger partial charge in [-0.05, 0) is 99.7 Å². The summed E-state index contributed by atoms with van der Waals surface area (Å²) in [6.07, 6.45) is 11.6. The molecule has 4 aliphatic rings. The van der Waals surface area contributed by atoms with Gasteiger partial charge in [-0.3, -0.25) is 19.8 Å². The maximum atomic E-state index is 13.1. The topological polar surface area (TPSA) is 149 Å². The number of nitriles is 1. The van der Waals surface area contributed by atoms with Crippen molar-refractivity contribution >= 4 is 52.0 Å². The van der Waals surface area contributed by atoms with Crippen molar-refractivity contribution in [2.75, 3.05) is 49.1 Å². The number of benzene rings is 2. The lowest BCUT2D eigenvalue weighted by Crippen LogP contribution is -2.50. The fraction of sp³-hybridized carbons (Fsp3) is 0.463. The smallest absolute Gasteiger partial charge is 0.329 e. The number of carbonyl (C=O) groups excluding carboxylic acids is 3. The number of rotatable bonds is 9. The second-order valence-corrected chi connectivity index (χ2v) is 15.6. The maximum absolute atomic E-state index is 13.1. The van der Waals surface area contributed by atoms with Gasteiger partial charge in [0.25, 0.3) is 5.91 Å². The highest BCUT2D eigenvalue weighted by atomic mass is 35.5. The third kappa shape index (κ3) is 8.26. The molecule has 2 aromatic heterocycles. The highest BCUT2D eigenvalue weighted by Crippen LogP contribution is 2.33. The number of hydrogen-bond donors (Lipinski definition) is 2. The van der Waals surface area contributed by atoms with Crippen LogP contribution in [0, 0.1) is 17.2 Å². The summed E-state index contributed by atoms with van der Waals surface area (Å²) in [4.78, 5) is 52.8. The number of likely N-dealkylation sites (tertiary alicyclic amines) is 1. The van der Waals surface area contributed by atoms with Gasteiger partial charge in [0.1, 0.15) is 29.6 Å². The number of amides is 4. The van der Waals surface area contributed by atoms with Gasteiger partial charge in [0.15, 0.2) is 0 Å². The van der Waals surface area contributed by atoms with Gasteiger partial charge in [-0.25, -0.2) is 14.8 Å². The Balaban J connectivity index is 0.760. The molecule has 286 valence electrons. The predicted molar refractivity (Wildman–Crippen MR) is 209 cm³/mol. The summed E-state index contributed by atoms with van der Waals surface area (Å²) in [5, 5.41) is 15.9. The SMILES string of the molecule is N#Cc1ccc(OC2CCC(NC(=O)c3ccc(N4CCC(CN5CCC(n6ccc7c(N8CCC(=O)NC8=O)ncnc76)CC5)CC4)cc3)CC2)cc1Cl. The third-order valence-electron chi connectivity index (χ3n) is 11.7. The molecule has 55 heavy (non-hydrogen) atoms. The van der Waals surface area contributed by atoms with Gasteiger partial charge < -0.3 is 24.4 Å². The van der Waals surface area contributed by atoms with Crippen LogP contribution in [0.15, 0.2) is 61.1 Å². The van der Waals surface area contributed by atoms with Crippen molar-refractivity contribution in [1.82, 2.24) is 30.1 Å². The van der Waals surface area contributed by atoms with Gasteiger partial charge >= 0.3 is 6.03 Å². The monoisotopic (exact) mass is 763 g/mol. The molecule has 1 aliphatic carbocycles. The van der Waals surface area contributed by atoms with E-state index in [-0.39, 0.29) is 30.4 Å². The third-order valence-corrected chi connectivity index (χ3v) is 12.1. The van der Waals surface area contributed by atoms with Crippen LogP contribution in [0.1, 0.15) is 79.8 Å². The van der Waals surface area contributed by atoms with Gasteiger partial charge in [0.05, 0.1) is 22.1 Å². The number of hydrogen-bond acceptors (Lipinski definition) is 9. The van der Waals surface area contributed by atoms with Crippen molar-refractivity contribution in [2.45, 2.75) is 76.0 Å². The molecule has 0 atom stereocenters. The van der Waals surface area contributed by atoms with Crippen LogP contribution >= 0.6 is 11.6 Å². The van der Waals surface area contributed by atoms with Gasteiger partial charge in [0, 0.05) is 81.3 Å². The van der Waals surface area contributed by atoms with Gasteiger partial charge in [-0.2, -0.15) is 5.26 Å². The summed E-state index contributed by atoms with van der Waals surface area (Å²) in [5.74, 6) is 1.57. The van der Waals surface area contributed by atoms with E-state index >= 15 is 0 Å². The first kappa shape index (κ1) is 36.8. The standard InChI is InChI=1S/C41H46ClN9O4/c42-36-23-34(8-3-29(36)24-43)55-33-9-4-30(5-10-33)46-40(53)28-1-6-31(7-2-28)49-19-11-27(12-20-49)25-48-17-13-32(14-18-48)50-21-15-35-38(50)44-26-45-39(35)51-22-16-37(52)47-41(51)54/h1-3,6-8,15,21,23,26-27,30,32-33H,4-5,9-14,16-20,22,25H2,(H,46,53)(H,47,52,54). The summed E-state index contributed by atoms with van der Waals surface area (Å²) >= 11 is 6.16. The number of ether oxygens (including phenoxy) is 1. The predicted octanol–water partition coefficient (Wildman–Crippen LogP) is 6.08. The van der Waals surface area contributed by atoms with Crippen molar-refractivity contribution in [3.05, 3.63) is 77.2 Å². The number of nitrogens with one attached hydrogen (secondary N) is 2. The molecular weight excluding hydrogens is 718 g/mol. The van der Waals surface area contributed by atoms with E-state index in [9.17, 15) is 14.4 Å². The number of fused-ring (bicyclic) bond motifs is 1. The lowest BCUT2D eigenvalue weighted by molar-refractivity contribution is -0.120. The number of imide groups is 1. The summed E-state index contributed by atoms with van der Waals surface area (Å²) in [5.41, 5.74) is 3.10. The first-order chi connectivity index (χ1) is 26.8. The van der Waals surface area contributed by atoms with E-state index in [1.165, 1.54) is 11.2 Å². The number of aromatic nitrogens is 3.